The fraction of sp³-hybridized carbons (Fsp3) is 0. The molecule has 0 saturated heterocycles. The Kier molecular flexibility index (Phi) is 3.31. The molecule has 0 spiro atoms. The Morgan fingerprint density at radius 2 is 1.88 bits per heavy atom. The first-order valence-electron chi connectivity index (χ1n) is 5.01. The van der Waals surface area contributed by atoms with Gasteiger partial charge < -0.3 is 11.1 Å². The zero-order valence-electron chi connectivity index (χ0n) is 8.94. The molecule has 0 saturated carbocycles. The van der Waals surface area contributed by atoms with Crippen LogP contribution in [-0.4, -0.2) is 0 Å². The molecule has 17 heavy (non-hydrogen) atoms. The molecule has 0 aliphatic carbocycles. The first-order valence-corrected chi connectivity index (χ1v) is 5.80. The Labute approximate surface area is 108 Å². The lowest BCUT2D eigenvalue weighted by molar-refractivity contribution is 1.47. The minimum Gasteiger partial charge on any atom is -0.398 e. The summed E-state index contributed by atoms with van der Waals surface area (Å²) in [4.78, 5) is 0. The van der Waals surface area contributed by atoms with E-state index in [1.165, 1.54) is 0 Å². The maximum atomic E-state index is 8.89. The summed E-state index contributed by atoms with van der Waals surface area (Å²) < 4.78 is 0.999. The van der Waals surface area contributed by atoms with Gasteiger partial charge in [-0.25, -0.2) is 0 Å². The van der Waals surface area contributed by atoms with Gasteiger partial charge in [0.05, 0.1) is 5.56 Å². The topological polar surface area (TPSA) is 61.8 Å². The normalized spacial score (nSPS) is 9.65. The van der Waals surface area contributed by atoms with Crippen molar-refractivity contribution in [3.8, 4) is 6.07 Å². The Morgan fingerprint density at radius 3 is 2.59 bits per heavy atom. The van der Waals surface area contributed by atoms with Crippen LogP contribution in [0.3, 0.4) is 0 Å². The van der Waals surface area contributed by atoms with Crippen molar-refractivity contribution in [1.29, 1.82) is 5.26 Å². The molecule has 0 aliphatic rings. The number of halogens is 1. The molecule has 0 aromatic heterocycles. The van der Waals surface area contributed by atoms with Crippen LogP contribution in [-0.2, 0) is 0 Å². The molecule has 0 bridgehead atoms. The zero-order valence-corrected chi connectivity index (χ0v) is 10.5. The number of nitrogen functional groups attached to an aromatic ring is 1. The Morgan fingerprint density at radius 1 is 1.12 bits per heavy atom. The van der Waals surface area contributed by atoms with Gasteiger partial charge in [0.25, 0.3) is 0 Å². The van der Waals surface area contributed by atoms with Gasteiger partial charge in [-0.15, -0.1) is 0 Å². The molecule has 3 N–H and O–H groups in total. The average Bonchev–Trinajstić information content (AvgIpc) is 2.32. The summed E-state index contributed by atoms with van der Waals surface area (Å²) in [6.45, 7) is 0. The van der Waals surface area contributed by atoms with Crippen molar-refractivity contribution < 1.29 is 0 Å². The van der Waals surface area contributed by atoms with Crippen LogP contribution >= 0.6 is 15.9 Å². The quantitative estimate of drug-likeness (QED) is 0.829. The minimum atomic E-state index is 0.477. The Bertz CT molecular complexity index is 587. The molecule has 0 radical (unpaired) electrons. The van der Waals surface area contributed by atoms with Gasteiger partial charge in [0.1, 0.15) is 6.07 Å². The van der Waals surface area contributed by atoms with Gasteiger partial charge in [-0.1, -0.05) is 22.0 Å². The van der Waals surface area contributed by atoms with Crippen LogP contribution in [0.5, 0.6) is 0 Å². The van der Waals surface area contributed by atoms with E-state index in [0.717, 1.165) is 15.8 Å². The van der Waals surface area contributed by atoms with E-state index in [4.69, 9.17) is 11.0 Å². The van der Waals surface area contributed by atoms with Gasteiger partial charge in [0.15, 0.2) is 0 Å². The molecular weight excluding hydrogens is 278 g/mol. The molecule has 0 aliphatic heterocycles. The summed E-state index contributed by atoms with van der Waals surface area (Å²) in [5.74, 6) is 0. The number of anilines is 3. The fourth-order valence-corrected chi connectivity index (χ4v) is 1.86. The van der Waals surface area contributed by atoms with E-state index in [2.05, 4.69) is 27.3 Å². The number of hydrogen-bond acceptors (Lipinski definition) is 3. The highest BCUT2D eigenvalue weighted by atomic mass is 79.9. The van der Waals surface area contributed by atoms with Crippen molar-refractivity contribution in [3.63, 3.8) is 0 Å². The van der Waals surface area contributed by atoms with E-state index < -0.39 is 0 Å². The second kappa shape index (κ2) is 4.89. The lowest BCUT2D eigenvalue weighted by Crippen LogP contribution is -1.94. The van der Waals surface area contributed by atoms with Gasteiger partial charge in [0.2, 0.25) is 0 Å². The number of nitrogens with zero attached hydrogens (tertiary/aromatic N) is 1. The largest absolute Gasteiger partial charge is 0.398 e. The predicted octanol–water partition coefficient (Wildman–Crippen LogP) is 3.65. The van der Waals surface area contributed by atoms with Gasteiger partial charge >= 0.3 is 0 Å². The van der Waals surface area contributed by atoms with Crippen molar-refractivity contribution in [2.24, 2.45) is 0 Å². The molecule has 0 heterocycles. The molecule has 0 fully saturated rings. The average molecular weight is 288 g/mol. The van der Waals surface area contributed by atoms with Crippen LogP contribution in [0.1, 0.15) is 5.56 Å². The highest BCUT2D eigenvalue weighted by Gasteiger charge is 2.00. The van der Waals surface area contributed by atoms with Crippen molar-refractivity contribution in [2.45, 2.75) is 0 Å². The van der Waals surface area contributed by atoms with Crippen molar-refractivity contribution in [3.05, 3.63) is 52.5 Å². The fourth-order valence-electron chi connectivity index (χ4n) is 1.46. The standard InChI is InChI=1S/C13H10BrN3/c14-10-2-1-3-11(7-10)17-12-4-5-13(16)9(6-12)8-15/h1-7,17H,16H2. The molecule has 0 atom stereocenters. The van der Waals surface area contributed by atoms with Gasteiger partial charge in [-0.3, -0.25) is 0 Å². The van der Waals surface area contributed by atoms with E-state index in [9.17, 15) is 0 Å². The molecule has 84 valence electrons. The van der Waals surface area contributed by atoms with Crippen molar-refractivity contribution in [2.75, 3.05) is 11.1 Å². The van der Waals surface area contributed by atoms with E-state index in [0.29, 0.717) is 11.3 Å². The smallest absolute Gasteiger partial charge is 0.101 e. The third kappa shape index (κ3) is 2.77. The second-order valence-electron chi connectivity index (χ2n) is 3.55. The van der Waals surface area contributed by atoms with E-state index in [1.54, 1.807) is 12.1 Å². The summed E-state index contributed by atoms with van der Waals surface area (Å²) in [6, 6.07) is 15.2. The zero-order chi connectivity index (χ0) is 12.3. The molecular formula is C13H10BrN3. The molecule has 2 aromatic carbocycles. The highest BCUT2D eigenvalue weighted by Crippen LogP contribution is 2.23. The first-order chi connectivity index (χ1) is 8.19. The van der Waals surface area contributed by atoms with Crippen LogP contribution in [0.4, 0.5) is 17.1 Å². The maximum Gasteiger partial charge on any atom is 0.101 e. The van der Waals surface area contributed by atoms with Crippen LogP contribution in [0.15, 0.2) is 46.9 Å². The Hall–Kier alpha value is -1.99. The van der Waals surface area contributed by atoms with Crippen LogP contribution < -0.4 is 11.1 Å². The predicted molar refractivity (Wildman–Crippen MR) is 73.0 cm³/mol. The summed E-state index contributed by atoms with van der Waals surface area (Å²) >= 11 is 3.40. The number of nitriles is 1. The maximum absolute atomic E-state index is 8.89. The highest BCUT2D eigenvalue weighted by molar-refractivity contribution is 9.10. The number of nitrogens with one attached hydrogen (secondary N) is 1. The number of hydrogen-bond donors (Lipinski definition) is 2. The molecule has 3 nitrogen and oxygen atoms in total. The SMILES string of the molecule is N#Cc1cc(Nc2cccc(Br)c2)ccc1N. The lowest BCUT2D eigenvalue weighted by atomic mass is 10.1. The van der Waals surface area contributed by atoms with Gasteiger partial charge in [0, 0.05) is 21.5 Å². The van der Waals surface area contributed by atoms with E-state index >= 15 is 0 Å². The van der Waals surface area contributed by atoms with Gasteiger partial charge in [-0.05, 0) is 36.4 Å². The van der Waals surface area contributed by atoms with Crippen LogP contribution in [0.2, 0.25) is 0 Å². The van der Waals surface area contributed by atoms with Crippen LogP contribution in [0.25, 0.3) is 0 Å². The molecule has 2 rings (SSSR count). The van der Waals surface area contributed by atoms with Gasteiger partial charge in [-0.2, -0.15) is 5.26 Å². The summed E-state index contributed by atoms with van der Waals surface area (Å²) in [6.07, 6.45) is 0. The third-order valence-corrected chi connectivity index (χ3v) is 2.78. The van der Waals surface area contributed by atoms with E-state index in [-0.39, 0.29) is 0 Å². The summed E-state index contributed by atoms with van der Waals surface area (Å²) in [7, 11) is 0. The number of benzene rings is 2. The van der Waals surface area contributed by atoms with Crippen LogP contribution in [0, 0.1) is 11.3 Å². The number of nitrogens with two attached hydrogens (primary N) is 1. The summed E-state index contributed by atoms with van der Waals surface area (Å²) in [5.41, 5.74) is 8.42. The third-order valence-electron chi connectivity index (χ3n) is 2.29. The van der Waals surface area contributed by atoms with E-state index in [1.807, 2.05) is 30.3 Å². The Balaban J connectivity index is 2.28. The van der Waals surface area contributed by atoms with Crippen molar-refractivity contribution in [1.82, 2.24) is 0 Å². The number of rotatable bonds is 2. The molecule has 4 heteroatoms. The summed E-state index contributed by atoms with van der Waals surface area (Å²) in [5, 5.41) is 12.1. The molecule has 0 amide bonds. The minimum absolute atomic E-state index is 0.477. The first kappa shape index (κ1) is 11.5. The molecule has 0 unspecified atom stereocenters. The lowest BCUT2D eigenvalue weighted by Gasteiger charge is -2.08. The van der Waals surface area contributed by atoms with Crippen molar-refractivity contribution >= 4 is 33.0 Å². The molecule has 2 aromatic rings. The second-order valence-corrected chi connectivity index (χ2v) is 4.46. The monoisotopic (exact) mass is 287 g/mol.